The molecule has 1 heterocycles. The van der Waals surface area contributed by atoms with E-state index in [2.05, 4.69) is 24.3 Å². The fraction of sp³-hybridized carbons (Fsp3) is 0.667. The minimum atomic E-state index is 0.149. The summed E-state index contributed by atoms with van der Waals surface area (Å²) in [6.07, 6.45) is 4.26. The summed E-state index contributed by atoms with van der Waals surface area (Å²) >= 11 is 0. The highest BCUT2D eigenvalue weighted by molar-refractivity contribution is 5.75. The maximum Gasteiger partial charge on any atom is 0.223 e. The molecular weight excluding hydrogens is 216 g/mol. The molecule has 0 aromatic carbocycles. The topological polar surface area (TPSA) is 50.2 Å². The Morgan fingerprint density at radius 3 is 2.71 bits per heavy atom. The average molecular weight is 238 g/mol. The first kappa shape index (κ1) is 13.7. The van der Waals surface area contributed by atoms with Crippen LogP contribution in [0.1, 0.15) is 26.3 Å². The maximum atomic E-state index is 11.4. The highest BCUT2D eigenvalue weighted by Crippen LogP contribution is 2.08. The Kier molecular flexibility index (Phi) is 5.15. The number of carbonyl (C=O) groups excluding carboxylic acids is 1. The number of aromatic nitrogens is 2. The molecule has 0 radical (unpaired) electrons. The van der Waals surface area contributed by atoms with E-state index < -0.39 is 0 Å². The van der Waals surface area contributed by atoms with Crippen LogP contribution in [-0.2, 0) is 4.79 Å². The number of hydrogen-bond donors (Lipinski definition) is 1. The monoisotopic (exact) mass is 238 g/mol. The van der Waals surface area contributed by atoms with Crippen LogP contribution in [-0.4, -0.2) is 47.3 Å². The first-order chi connectivity index (χ1) is 8.02. The summed E-state index contributed by atoms with van der Waals surface area (Å²) in [5.41, 5.74) is 0. The second-order valence-electron chi connectivity index (χ2n) is 4.51. The van der Waals surface area contributed by atoms with Gasteiger partial charge in [-0.15, -0.1) is 0 Å². The van der Waals surface area contributed by atoms with E-state index in [-0.39, 0.29) is 18.0 Å². The molecule has 2 atom stereocenters. The van der Waals surface area contributed by atoms with Crippen LogP contribution in [0.5, 0.6) is 0 Å². The van der Waals surface area contributed by atoms with Crippen LogP contribution >= 0.6 is 0 Å². The number of hydrogen-bond acceptors (Lipinski definition) is 3. The van der Waals surface area contributed by atoms with Gasteiger partial charge in [-0.1, -0.05) is 0 Å². The van der Waals surface area contributed by atoms with Crippen molar-refractivity contribution in [3.05, 3.63) is 18.5 Å². The Morgan fingerprint density at radius 1 is 1.47 bits per heavy atom. The van der Waals surface area contributed by atoms with Crippen LogP contribution < -0.4 is 5.32 Å². The van der Waals surface area contributed by atoms with Gasteiger partial charge in [0.25, 0.3) is 0 Å². The molecule has 96 valence electrons. The van der Waals surface area contributed by atoms with Gasteiger partial charge in [-0.05, 0) is 19.9 Å². The van der Waals surface area contributed by atoms with Crippen LogP contribution in [0.2, 0.25) is 0 Å². The normalized spacial score (nSPS) is 14.4. The third-order valence-corrected chi connectivity index (χ3v) is 2.97. The Balaban J connectivity index is 2.30. The molecule has 1 rings (SSSR count). The van der Waals surface area contributed by atoms with E-state index in [9.17, 15) is 4.79 Å². The molecule has 1 aromatic heterocycles. The predicted octanol–water partition coefficient (Wildman–Crippen LogP) is 0.900. The van der Waals surface area contributed by atoms with Gasteiger partial charge < -0.3 is 10.2 Å². The van der Waals surface area contributed by atoms with Crippen molar-refractivity contribution < 1.29 is 4.79 Å². The first-order valence-electron chi connectivity index (χ1n) is 5.95. The van der Waals surface area contributed by atoms with E-state index in [0.29, 0.717) is 13.0 Å². The molecule has 0 aliphatic heterocycles. The molecule has 5 nitrogen and oxygen atoms in total. The summed E-state index contributed by atoms with van der Waals surface area (Å²) in [7, 11) is 3.55. The zero-order valence-corrected chi connectivity index (χ0v) is 11.1. The lowest BCUT2D eigenvalue weighted by Gasteiger charge is -2.22. The maximum absolute atomic E-state index is 11.4. The summed E-state index contributed by atoms with van der Waals surface area (Å²) in [5, 5.41) is 7.56. The van der Waals surface area contributed by atoms with E-state index in [4.69, 9.17) is 0 Å². The van der Waals surface area contributed by atoms with Crippen molar-refractivity contribution in [1.29, 1.82) is 0 Å². The van der Waals surface area contributed by atoms with E-state index >= 15 is 0 Å². The van der Waals surface area contributed by atoms with Crippen molar-refractivity contribution in [1.82, 2.24) is 20.0 Å². The number of carbonyl (C=O) groups is 1. The SMILES string of the molecule is C[C@@H](NCCC(=O)N(C)C)[C@H](C)n1cccn1. The van der Waals surface area contributed by atoms with Gasteiger partial charge in [-0.2, -0.15) is 5.10 Å². The van der Waals surface area contributed by atoms with Crippen LogP contribution in [0.4, 0.5) is 0 Å². The lowest BCUT2D eigenvalue weighted by molar-refractivity contribution is -0.128. The summed E-state index contributed by atoms with van der Waals surface area (Å²) in [4.78, 5) is 13.0. The Morgan fingerprint density at radius 2 is 2.18 bits per heavy atom. The minimum absolute atomic E-state index is 0.149. The van der Waals surface area contributed by atoms with Gasteiger partial charge in [0, 0.05) is 45.5 Å². The molecule has 0 saturated carbocycles. The van der Waals surface area contributed by atoms with Gasteiger partial charge in [0.05, 0.1) is 6.04 Å². The summed E-state index contributed by atoms with van der Waals surface area (Å²) in [6.45, 7) is 4.91. The molecule has 0 bridgehead atoms. The van der Waals surface area contributed by atoms with E-state index in [1.165, 1.54) is 0 Å². The van der Waals surface area contributed by atoms with Crippen molar-refractivity contribution in [3.63, 3.8) is 0 Å². The van der Waals surface area contributed by atoms with Crippen molar-refractivity contribution in [2.45, 2.75) is 32.4 Å². The molecule has 17 heavy (non-hydrogen) atoms. The molecule has 0 spiro atoms. The van der Waals surface area contributed by atoms with Crippen LogP contribution in [0.3, 0.4) is 0 Å². The number of rotatable bonds is 6. The van der Waals surface area contributed by atoms with Gasteiger partial charge in [0.2, 0.25) is 5.91 Å². The van der Waals surface area contributed by atoms with Crippen molar-refractivity contribution in [2.75, 3.05) is 20.6 Å². The molecule has 0 unspecified atom stereocenters. The molecule has 1 amide bonds. The Hall–Kier alpha value is -1.36. The number of amides is 1. The van der Waals surface area contributed by atoms with Crippen molar-refractivity contribution in [2.24, 2.45) is 0 Å². The minimum Gasteiger partial charge on any atom is -0.349 e. The largest absolute Gasteiger partial charge is 0.349 e. The van der Waals surface area contributed by atoms with Crippen LogP contribution in [0.15, 0.2) is 18.5 Å². The molecule has 0 saturated heterocycles. The molecule has 5 heteroatoms. The molecule has 1 aromatic rings. The third kappa shape index (κ3) is 4.19. The fourth-order valence-electron chi connectivity index (χ4n) is 1.55. The van der Waals surface area contributed by atoms with Crippen LogP contribution in [0.25, 0.3) is 0 Å². The van der Waals surface area contributed by atoms with E-state index in [0.717, 1.165) is 0 Å². The second kappa shape index (κ2) is 6.39. The molecule has 0 fully saturated rings. The smallest absolute Gasteiger partial charge is 0.223 e. The van der Waals surface area contributed by atoms with Crippen molar-refractivity contribution in [3.8, 4) is 0 Å². The highest BCUT2D eigenvalue weighted by atomic mass is 16.2. The van der Waals surface area contributed by atoms with Gasteiger partial charge in [0.15, 0.2) is 0 Å². The standard InChI is InChI=1S/C12H22N4O/c1-10(11(2)16-9-5-7-14-16)13-8-6-12(17)15(3)4/h5,7,9-11,13H,6,8H2,1-4H3/t10-,11+/m1/s1. The highest BCUT2D eigenvalue weighted by Gasteiger charge is 2.13. The van der Waals surface area contributed by atoms with Gasteiger partial charge in [0.1, 0.15) is 0 Å². The molecule has 0 aliphatic rings. The summed E-state index contributed by atoms with van der Waals surface area (Å²) < 4.78 is 1.92. The average Bonchev–Trinajstić information content (AvgIpc) is 2.80. The van der Waals surface area contributed by atoms with Gasteiger partial charge in [-0.3, -0.25) is 9.48 Å². The molecular formula is C12H22N4O. The Labute approximate surface area is 103 Å². The lowest BCUT2D eigenvalue weighted by atomic mass is 10.1. The van der Waals surface area contributed by atoms with E-state index in [1.54, 1.807) is 25.2 Å². The van der Waals surface area contributed by atoms with Gasteiger partial charge >= 0.3 is 0 Å². The predicted molar refractivity (Wildman–Crippen MR) is 67.7 cm³/mol. The summed E-state index contributed by atoms with van der Waals surface area (Å²) in [6, 6.07) is 2.48. The second-order valence-corrected chi connectivity index (χ2v) is 4.51. The zero-order chi connectivity index (χ0) is 12.8. The van der Waals surface area contributed by atoms with Crippen LogP contribution in [0, 0.1) is 0 Å². The summed E-state index contributed by atoms with van der Waals surface area (Å²) in [5.74, 6) is 0.149. The number of nitrogens with one attached hydrogen (secondary N) is 1. The molecule has 0 aliphatic carbocycles. The zero-order valence-electron chi connectivity index (χ0n) is 11.1. The first-order valence-corrected chi connectivity index (χ1v) is 5.95. The number of nitrogens with zero attached hydrogens (tertiary/aromatic N) is 3. The quantitative estimate of drug-likeness (QED) is 0.801. The lowest BCUT2D eigenvalue weighted by Crippen LogP contribution is -2.36. The Bertz CT molecular complexity index is 334. The van der Waals surface area contributed by atoms with Gasteiger partial charge in [-0.25, -0.2) is 0 Å². The van der Waals surface area contributed by atoms with Crippen molar-refractivity contribution >= 4 is 5.91 Å². The van der Waals surface area contributed by atoms with E-state index in [1.807, 2.05) is 16.9 Å². The fourth-order valence-corrected chi connectivity index (χ4v) is 1.55. The third-order valence-electron chi connectivity index (χ3n) is 2.97. The molecule has 1 N–H and O–H groups in total.